The maximum absolute atomic E-state index is 5.15. The van der Waals surface area contributed by atoms with Gasteiger partial charge >= 0.3 is 0 Å². The van der Waals surface area contributed by atoms with E-state index < -0.39 is 0 Å². The molecule has 0 spiro atoms. The number of aliphatic imine (C=N–C) groups is 1. The first-order valence-corrected chi connectivity index (χ1v) is 12.6. The average molecular weight is 479 g/mol. The zero-order valence-corrected chi connectivity index (χ0v) is 20.3. The molecule has 1 aromatic heterocycles. The molecule has 0 saturated heterocycles. The molecule has 0 bridgehead atoms. The van der Waals surface area contributed by atoms with E-state index in [1.165, 1.54) is 27.4 Å². The quantitative estimate of drug-likeness (QED) is 0.283. The largest absolute Gasteiger partial charge is 0.350 e. The Hall–Kier alpha value is -4.67. The van der Waals surface area contributed by atoms with Crippen LogP contribution in [0.25, 0.3) is 27.5 Å². The minimum absolute atomic E-state index is 0.0606. The van der Waals surface area contributed by atoms with E-state index >= 15 is 0 Å². The molecule has 1 aliphatic heterocycles. The second-order valence-corrected chi connectivity index (χ2v) is 9.37. The Morgan fingerprint density at radius 2 is 1.22 bits per heavy atom. The lowest BCUT2D eigenvalue weighted by Crippen LogP contribution is -2.44. The number of amidine groups is 1. The van der Waals surface area contributed by atoms with E-state index in [1.807, 2.05) is 12.1 Å². The van der Waals surface area contributed by atoms with Crippen molar-refractivity contribution in [2.45, 2.75) is 12.3 Å². The van der Waals surface area contributed by atoms with E-state index in [0.717, 1.165) is 22.6 Å². The van der Waals surface area contributed by atoms with Crippen LogP contribution < -0.4 is 10.6 Å². The Labute approximate surface area is 215 Å². The van der Waals surface area contributed by atoms with Crippen LogP contribution in [0.1, 0.15) is 29.0 Å². The Morgan fingerprint density at radius 1 is 0.568 bits per heavy atom. The Bertz CT molecular complexity index is 1720. The highest BCUT2D eigenvalue weighted by Crippen LogP contribution is 2.34. The summed E-state index contributed by atoms with van der Waals surface area (Å²) in [6.07, 6.45) is -0.261. The third kappa shape index (κ3) is 3.88. The highest BCUT2D eigenvalue weighted by atomic mass is 15.3. The molecule has 0 saturated carbocycles. The lowest BCUT2D eigenvalue weighted by molar-refractivity contribution is 0.409. The number of benzene rings is 5. The van der Waals surface area contributed by atoms with E-state index in [0.29, 0.717) is 0 Å². The molecule has 0 amide bonds. The third-order valence-corrected chi connectivity index (χ3v) is 7.07. The number of nitrogens with one attached hydrogen (secondary N) is 2. The molecule has 7 rings (SSSR count). The summed E-state index contributed by atoms with van der Waals surface area (Å²) in [5.74, 6) is 0.891. The van der Waals surface area contributed by atoms with E-state index in [4.69, 9.17) is 4.99 Å². The van der Waals surface area contributed by atoms with Gasteiger partial charge in [-0.3, -0.25) is 5.32 Å². The van der Waals surface area contributed by atoms with Gasteiger partial charge in [-0.05, 0) is 35.4 Å². The summed E-state index contributed by atoms with van der Waals surface area (Å²) in [6.45, 7) is 0. The van der Waals surface area contributed by atoms with Crippen LogP contribution in [0.4, 0.5) is 0 Å². The number of hydrogen-bond acceptors (Lipinski definition) is 3. The molecule has 0 radical (unpaired) electrons. The molecule has 4 nitrogen and oxygen atoms in total. The molecule has 2 unspecified atom stereocenters. The molecule has 1 aliphatic rings. The molecule has 0 aliphatic carbocycles. The zero-order valence-electron chi connectivity index (χ0n) is 20.3. The van der Waals surface area contributed by atoms with Crippen LogP contribution >= 0.6 is 0 Å². The Balaban J connectivity index is 1.40. The van der Waals surface area contributed by atoms with Crippen molar-refractivity contribution in [2.75, 3.05) is 0 Å². The van der Waals surface area contributed by atoms with Crippen molar-refractivity contribution in [3.63, 3.8) is 0 Å². The van der Waals surface area contributed by atoms with Crippen molar-refractivity contribution in [1.82, 2.24) is 15.2 Å². The van der Waals surface area contributed by atoms with Gasteiger partial charge in [0, 0.05) is 22.0 Å². The minimum Gasteiger partial charge on any atom is -0.350 e. The van der Waals surface area contributed by atoms with Crippen molar-refractivity contribution in [3.8, 4) is 5.69 Å². The van der Waals surface area contributed by atoms with Gasteiger partial charge in [-0.25, -0.2) is 4.99 Å². The van der Waals surface area contributed by atoms with Crippen LogP contribution in [-0.2, 0) is 0 Å². The summed E-state index contributed by atoms with van der Waals surface area (Å²) in [5, 5.41) is 9.84. The average Bonchev–Trinajstić information content (AvgIpc) is 3.32. The van der Waals surface area contributed by atoms with E-state index in [9.17, 15) is 0 Å². The number of rotatable bonds is 4. The standard InChI is InChI=1S/C33H26N4/c1-4-12-23(13-5-1)31-34-32(24-14-6-2-7-15-24)36-33(35-31)25-20-21-28-27-18-10-11-19-29(27)37(30(28)22-25)26-16-8-3-9-17-26/h1-22,31,33,35H,(H,34,36). The first-order chi connectivity index (χ1) is 18.3. The van der Waals surface area contributed by atoms with E-state index in [1.54, 1.807) is 0 Å². The number of para-hydroxylation sites is 2. The highest BCUT2D eigenvalue weighted by molar-refractivity contribution is 6.09. The minimum atomic E-state index is -0.201. The van der Waals surface area contributed by atoms with Gasteiger partial charge in [0.2, 0.25) is 0 Å². The van der Waals surface area contributed by atoms with Crippen LogP contribution in [-0.4, -0.2) is 10.4 Å². The molecule has 0 fully saturated rings. The fourth-order valence-corrected chi connectivity index (χ4v) is 5.30. The molecular weight excluding hydrogens is 452 g/mol. The van der Waals surface area contributed by atoms with Crippen LogP contribution in [0, 0.1) is 0 Å². The van der Waals surface area contributed by atoms with Gasteiger partial charge in [0.05, 0.1) is 11.0 Å². The second-order valence-electron chi connectivity index (χ2n) is 9.37. The monoisotopic (exact) mass is 478 g/mol. The van der Waals surface area contributed by atoms with Crippen LogP contribution in [0.3, 0.4) is 0 Å². The first kappa shape index (κ1) is 21.6. The Morgan fingerprint density at radius 3 is 2.00 bits per heavy atom. The van der Waals surface area contributed by atoms with E-state index in [2.05, 4.69) is 137 Å². The summed E-state index contributed by atoms with van der Waals surface area (Å²) >= 11 is 0. The number of hydrogen-bond donors (Lipinski definition) is 2. The lowest BCUT2D eigenvalue weighted by Gasteiger charge is -2.32. The highest BCUT2D eigenvalue weighted by Gasteiger charge is 2.26. The van der Waals surface area contributed by atoms with Crippen molar-refractivity contribution < 1.29 is 0 Å². The van der Waals surface area contributed by atoms with Gasteiger partial charge in [0.1, 0.15) is 18.2 Å². The maximum atomic E-state index is 5.15. The number of nitrogens with zero attached hydrogens (tertiary/aromatic N) is 2. The molecule has 5 aromatic carbocycles. The number of fused-ring (bicyclic) bond motifs is 3. The Kier molecular flexibility index (Phi) is 5.30. The van der Waals surface area contributed by atoms with Crippen LogP contribution in [0.2, 0.25) is 0 Å². The van der Waals surface area contributed by atoms with Gasteiger partial charge in [0.15, 0.2) is 0 Å². The van der Waals surface area contributed by atoms with Crippen molar-refractivity contribution in [3.05, 3.63) is 150 Å². The summed E-state index contributed by atoms with van der Waals surface area (Å²) in [4.78, 5) is 5.15. The first-order valence-electron chi connectivity index (χ1n) is 12.6. The molecule has 6 aromatic rings. The van der Waals surface area contributed by atoms with Crippen LogP contribution in [0.5, 0.6) is 0 Å². The third-order valence-electron chi connectivity index (χ3n) is 7.07. The molecule has 37 heavy (non-hydrogen) atoms. The second kappa shape index (κ2) is 9.08. The topological polar surface area (TPSA) is 41.4 Å². The van der Waals surface area contributed by atoms with Gasteiger partial charge in [0.25, 0.3) is 0 Å². The predicted molar refractivity (Wildman–Crippen MR) is 152 cm³/mol. The van der Waals surface area contributed by atoms with Crippen molar-refractivity contribution in [2.24, 2.45) is 4.99 Å². The molecule has 2 N–H and O–H groups in total. The van der Waals surface area contributed by atoms with Gasteiger partial charge < -0.3 is 9.88 Å². The summed E-state index contributed by atoms with van der Waals surface area (Å²) in [6, 6.07) is 46.8. The number of aromatic nitrogens is 1. The van der Waals surface area contributed by atoms with Gasteiger partial charge in [-0.15, -0.1) is 0 Å². The normalized spacial score (nSPS) is 17.5. The maximum Gasteiger partial charge on any atom is 0.131 e. The van der Waals surface area contributed by atoms with E-state index in [-0.39, 0.29) is 12.3 Å². The van der Waals surface area contributed by atoms with Gasteiger partial charge in [-0.1, -0.05) is 109 Å². The molecular formula is C33H26N4. The summed E-state index contributed by atoms with van der Waals surface area (Å²) < 4.78 is 2.35. The molecule has 2 atom stereocenters. The zero-order chi connectivity index (χ0) is 24.6. The van der Waals surface area contributed by atoms with Crippen LogP contribution in [0.15, 0.2) is 138 Å². The molecule has 4 heteroatoms. The smallest absolute Gasteiger partial charge is 0.131 e. The van der Waals surface area contributed by atoms with Gasteiger partial charge in [-0.2, -0.15) is 0 Å². The lowest BCUT2D eigenvalue weighted by atomic mass is 10.1. The summed E-state index contributed by atoms with van der Waals surface area (Å²) in [7, 11) is 0. The van der Waals surface area contributed by atoms with Crippen molar-refractivity contribution in [1.29, 1.82) is 0 Å². The molecule has 2 heterocycles. The SMILES string of the molecule is c1ccc(C2=NC(c3ccc4c5ccccc5n(-c5ccccc5)c4c3)NC(c3ccccc3)N2)cc1. The van der Waals surface area contributed by atoms with Crippen molar-refractivity contribution >= 4 is 27.6 Å². The molecule has 178 valence electrons. The fourth-order valence-electron chi connectivity index (χ4n) is 5.30. The predicted octanol–water partition coefficient (Wildman–Crippen LogP) is 7.12. The summed E-state index contributed by atoms with van der Waals surface area (Å²) in [5.41, 5.74) is 6.92. The fraction of sp³-hybridized carbons (Fsp3) is 0.0606.